The molecule has 3 heteroatoms. The van der Waals surface area contributed by atoms with Crippen LogP contribution in [0.2, 0.25) is 0 Å². The van der Waals surface area contributed by atoms with Gasteiger partial charge in [0.1, 0.15) is 6.29 Å². The highest BCUT2D eigenvalue weighted by atomic mass is 16.1. The predicted molar refractivity (Wildman–Crippen MR) is 134 cm³/mol. The van der Waals surface area contributed by atoms with E-state index < -0.39 is 0 Å². The Bertz CT molecular complexity index is 925. The van der Waals surface area contributed by atoms with Crippen molar-refractivity contribution in [1.82, 2.24) is 9.80 Å². The molecule has 0 amide bonds. The van der Waals surface area contributed by atoms with Gasteiger partial charge in [0.05, 0.1) is 6.04 Å². The summed E-state index contributed by atoms with van der Waals surface area (Å²) in [5.41, 5.74) is 6.92. The van der Waals surface area contributed by atoms with Gasteiger partial charge in [-0.3, -0.25) is 9.80 Å². The summed E-state index contributed by atoms with van der Waals surface area (Å²) >= 11 is 0. The first-order valence-electron chi connectivity index (χ1n) is 12.1. The first-order valence-corrected chi connectivity index (χ1v) is 12.1. The Labute approximate surface area is 193 Å². The van der Waals surface area contributed by atoms with Gasteiger partial charge in [-0.2, -0.15) is 0 Å². The van der Waals surface area contributed by atoms with Crippen molar-refractivity contribution in [2.45, 2.75) is 57.2 Å². The summed E-state index contributed by atoms with van der Waals surface area (Å²) in [5, 5.41) is 0. The summed E-state index contributed by atoms with van der Waals surface area (Å²) in [6.07, 6.45) is 10.2. The third-order valence-electron chi connectivity index (χ3n) is 7.25. The molecule has 2 heterocycles. The van der Waals surface area contributed by atoms with E-state index >= 15 is 0 Å². The molecule has 0 radical (unpaired) electrons. The van der Waals surface area contributed by atoms with Crippen LogP contribution in [0, 0.1) is 0 Å². The second-order valence-corrected chi connectivity index (χ2v) is 9.31. The maximum absolute atomic E-state index is 11.6. The summed E-state index contributed by atoms with van der Waals surface area (Å²) in [7, 11) is 0. The van der Waals surface area contributed by atoms with Crippen molar-refractivity contribution in [3.63, 3.8) is 0 Å². The minimum absolute atomic E-state index is 0.00795. The number of carbonyl (C=O) groups is 1. The number of hydrogen-bond acceptors (Lipinski definition) is 3. The second kappa shape index (κ2) is 10.9. The summed E-state index contributed by atoms with van der Waals surface area (Å²) < 4.78 is 0. The first-order chi connectivity index (χ1) is 15.7. The molecule has 4 rings (SSSR count). The quantitative estimate of drug-likeness (QED) is 0.384. The molecule has 2 aromatic rings. The van der Waals surface area contributed by atoms with Crippen LogP contribution in [0.15, 0.2) is 61.7 Å². The molecule has 0 aromatic heterocycles. The monoisotopic (exact) mass is 428 g/mol. The molecule has 32 heavy (non-hydrogen) atoms. The average Bonchev–Trinajstić information content (AvgIpc) is 2.85. The maximum Gasteiger partial charge on any atom is 0.137 e. The number of likely N-dealkylation sites (tertiary alicyclic amines) is 1. The normalized spacial score (nSPS) is 18.6. The Morgan fingerprint density at radius 1 is 1.00 bits per heavy atom. The van der Waals surface area contributed by atoms with Crippen LogP contribution >= 0.6 is 0 Å². The molecule has 1 fully saturated rings. The lowest BCUT2D eigenvalue weighted by molar-refractivity contribution is -0.113. The number of aldehydes is 1. The van der Waals surface area contributed by atoms with Gasteiger partial charge in [0.25, 0.3) is 0 Å². The summed E-state index contributed by atoms with van der Waals surface area (Å²) in [6.45, 7) is 12.8. The van der Waals surface area contributed by atoms with Crippen molar-refractivity contribution in [2.24, 2.45) is 0 Å². The zero-order valence-corrected chi connectivity index (χ0v) is 19.2. The van der Waals surface area contributed by atoms with Gasteiger partial charge < -0.3 is 4.79 Å². The Morgan fingerprint density at radius 2 is 1.78 bits per heavy atom. The molecule has 0 spiro atoms. The minimum Gasteiger partial charge on any atom is -0.302 e. The van der Waals surface area contributed by atoms with Gasteiger partial charge in [-0.15, -0.1) is 6.58 Å². The fourth-order valence-electron chi connectivity index (χ4n) is 5.20. The summed E-state index contributed by atoms with van der Waals surface area (Å²) in [5.74, 6) is 0.637. The lowest BCUT2D eigenvalue weighted by Gasteiger charge is -2.35. The second-order valence-electron chi connectivity index (χ2n) is 9.31. The fraction of sp³-hybridized carbons (Fsp3) is 0.414. The molecule has 168 valence electrons. The molecule has 0 N–H and O–H groups in total. The van der Waals surface area contributed by atoms with Gasteiger partial charge in [0, 0.05) is 19.6 Å². The number of allylic oxidation sites excluding steroid dienone is 1. The highest BCUT2D eigenvalue weighted by molar-refractivity contribution is 5.57. The molecule has 0 saturated carbocycles. The minimum atomic E-state index is 0.00795. The maximum atomic E-state index is 11.6. The van der Waals surface area contributed by atoms with Crippen LogP contribution in [0.25, 0.3) is 6.08 Å². The number of hydrogen-bond donors (Lipinski definition) is 0. The summed E-state index contributed by atoms with van der Waals surface area (Å²) in [4.78, 5) is 16.6. The largest absolute Gasteiger partial charge is 0.302 e. The van der Waals surface area contributed by atoms with Crippen LogP contribution in [0.5, 0.6) is 0 Å². The first kappa shape index (κ1) is 22.7. The van der Waals surface area contributed by atoms with E-state index in [9.17, 15) is 4.79 Å². The number of rotatable bonds is 9. The Morgan fingerprint density at radius 3 is 2.47 bits per heavy atom. The van der Waals surface area contributed by atoms with Gasteiger partial charge in [0.2, 0.25) is 0 Å². The molecule has 1 atom stereocenters. The topological polar surface area (TPSA) is 23.6 Å². The lowest BCUT2D eigenvalue weighted by Crippen LogP contribution is -2.40. The molecule has 1 saturated heterocycles. The number of carbonyl (C=O) groups excluding carboxylic acids is 1. The summed E-state index contributed by atoms with van der Waals surface area (Å²) in [6, 6.07) is 15.9. The van der Waals surface area contributed by atoms with E-state index in [1.165, 1.54) is 40.7 Å². The van der Waals surface area contributed by atoms with Gasteiger partial charge in [-0.05, 0) is 78.9 Å². The smallest absolute Gasteiger partial charge is 0.137 e. The van der Waals surface area contributed by atoms with Crippen LogP contribution < -0.4 is 0 Å². The van der Waals surface area contributed by atoms with Crippen molar-refractivity contribution in [1.29, 1.82) is 0 Å². The van der Waals surface area contributed by atoms with Gasteiger partial charge in [-0.25, -0.2) is 0 Å². The Balaban J connectivity index is 1.35. The van der Waals surface area contributed by atoms with Crippen LogP contribution in [0.3, 0.4) is 0 Å². The third kappa shape index (κ3) is 5.46. The number of piperidine rings is 1. The van der Waals surface area contributed by atoms with E-state index in [1.807, 2.05) is 12.2 Å². The Hall–Kier alpha value is -2.49. The van der Waals surface area contributed by atoms with Crippen molar-refractivity contribution in [2.75, 3.05) is 19.6 Å². The van der Waals surface area contributed by atoms with E-state index in [4.69, 9.17) is 0 Å². The highest BCUT2D eigenvalue weighted by Gasteiger charge is 2.25. The average molecular weight is 429 g/mol. The Kier molecular flexibility index (Phi) is 7.72. The molecule has 1 unspecified atom stereocenters. The molecule has 0 aliphatic carbocycles. The molecule has 2 aromatic carbocycles. The van der Waals surface area contributed by atoms with Crippen molar-refractivity contribution in [3.05, 3.63) is 89.5 Å². The van der Waals surface area contributed by atoms with Crippen LogP contribution in [-0.4, -0.2) is 41.8 Å². The van der Waals surface area contributed by atoms with Crippen LogP contribution in [-0.2, 0) is 24.3 Å². The van der Waals surface area contributed by atoms with Gasteiger partial charge in [-0.1, -0.05) is 61.2 Å². The molecule has 3 nitrogen and oxygen atoms in total. The van der Waals surface area contributed by atoms with Crippen molar-refractivity contribution < 1.29 is 4.79 Å². The molecular weight excluding hydrogens is 392 g/mol. The number of fused-ring (bicyclic) bond motifs is 1. The molecule has 2 aliphatic rings. The molecular formula is C29H36N2O. The predicted octanol–water partition coefficient (Wildman–Crippen LogP) is 5.60. The standard InChI is InChI=1S/C29H36N2O/c1-3-5-6-29(22-32)31-18-15-25-11-12-27(19-28(25)21-31)26-13-16-30(17-14-26)20-24-9-7-23(4-2)8-10-24/h3-4,7-12,19,22,26,29H,1-2,5-6,13-18,20-21H2. The lowest BCUT2D eigenvalue weighted by atomic mass is 9.86. The van der Waals surface area contributed by atoms with E-state index in [0.717, 1.165) is 58.3 Å². The zero-order chi connectivity index (χ0) is 22.3. The van der Waals surface area contributed by atoms with E-state index in [1.54, 1.807) is 0 Å². The third-order valence-corrected chi connectivity index (χ3v) is 7.25. The van der Waals surface area contributed by atoms with Crippen molar-refractivity contribution in [3.8, 4) is 0 Å². The number of nitrogens with zero attached hydrogens (tertiary/aromatic N) is 2. The van der Waals surface area contributed by atoms with Crippen LogP contribution in [0.1, 0.15) is 59.4 Å². The SMILES string of the molecule is C=CCCC(C=O)N1CCc2ccc(C3CCN(Cc4ccc(C=C)cc4)CC3)cc2C1. The highest BCUT2D eigenvalue weighted by Crippen LogP contribution is 2.32. The van der Waals surface area contributed by atoms with Crippen LogP contribution in [0.4, 0.5) is 0 Å². The molecule has 2 aliphatic heterocycles. The fourth-order valence-corrected chi connectivity index (χ4v) is 5.20. The number of benzene rings is 2. The van der Waals surface area contributed by atoms with E-state index in [0.29, 0.717) is 5.92 Å². The van der Waals surface area contributed by atoms with E-state index in [-0.39, 0.29) is 6.04 Å². The van der Waals surface area contributed by atoms with Gasteiger partial charge in [0.15, 0.2) is 0 Å². The van der Waals surface area contributed by atoms with Crippen molar-refractivity contribution >= 4 is 12.4 Å². The molecule has 0 bridgehead atoms. The van der Waals surface area contributed by atoms with E-state index in [2.05, 4.69) is 65.4 Å². The van der Waals surface area contributed by atoms with Gasteiger partial charge >= 0.3 is 0 Å². The zero-order valence-electron chi connectivity index (χ0n) is 19.2.